The van der Waals surface area contributed by atoms with Gasteiger partial charge in [-0.1, -0.05) is 23.7 Å². The number of rotatable bonds is 6. The molecule has 166 valence electrons. The predicted molar refractivity (Wildman–Crippen MR) is 129 cm³/mol. The average molecular weight is 458 g/mol. The molecular formula is C25H32ClN3OS. The van der Waals surface area contributed by atoms with Gasteiger partial charge in [0.15, 0.2) is 0 Å². The average Bonchev–Trinajstić information content (AvgIpc) is 3.17. The van der Waals surface area contributed by atoms with E-state index in [1.54, 1.807) is 0 Å². The van der Waals surface area contributed by atoms with Gasteiger partial charge in [0.25, 0.3) is 0 Å². The van der Waals surface area contributed by atoms with E-state index in [2.05, 4.69) is 41.6 Å². The highest BCUT2D eigenvalue weighted by Gasteiger charge is 2.36. The van der Waals surface area contributed by atoms with E-state index in [1.165, 1.54) is 36.8 Å². The van der Waals surface area contributed by atoms with E-state index in [9.17, 15) is 5.26 Å². The summed E-state index contributed by atoms with van der Waals surface area (Å²) in [5.41, 5.74) is 3.42. The lowest BCUT2D eigenvalue weighted by Gasteiger charge is -2.46. The van der Waals surface area contributed by atoms with Gasteiger partial charge in [0.2, 0.25) is 0 Å². The van der Waals surface area contributed by atoms with E-state index in [0.717, 1.165) is 36.0 Å². The summed E-state index contributed by atoms with van der Waals surface area (Å²) in [6.45, 7) is 1.83. The van der Waals surface area contributed by atoms with Crippen molar-refractivity contribution in [2.45, 2.75) is 56.2 Å². The van der Waals surface area contributed by atoms with Crippen molar-refractivity contribution >= 4 is 23.4 Å². The quantitative estimate of drug-likeness (QED) is 0.593. The number of ether oxygens (including phenoxy) is 1. The van der Waals surface area contributed by atoms with Crippen LogP contribution in [0.5, 0.6) is 0 Å². The van der Waals surface area contributed by atoms with Gasteiger partial charge >= 0.3 is 0 Å². The molecule has 2 fully saturated rings. The molecule has 1 aromatic heterocycles. The first-order chi connectivity index (χ1) is 15.1. The van der Waals surface area contributed by atoms with Gasteiger partial charge in [-0.2, -0.15) is 17.0 Å². The number of morpholine rings is 1. The van der Waals surface area contributed by atoms with Crippen molar-refractivity contribution in [2.24, 2.45) is 7.05 Å². The van der Waals surface area contributed by atoms with Gasteiger partial charge in [-0.15, -0.1) is 0 Å². The zero-order chi connectivity index (χ0) is 21.8. The fourth-order valence-electron chi connectivity index (χ4n) is 5.25. The van der Waals surface area contributed by atoms with Crippen molar-refractivity contribution in [1.82, 2.24) is 9.47 Å². The van der Waals surface area contributed by atoms with Crippen LogP contribution in [0.1, 0.15) is 48.4 Å². The van der Waals surface area contributed by atoms with E-state index in [0.29, 0.717) is 24.1 Å². The minimum absolute atomic E-state index is 0.321. The van der Waals surface area contributed by atoms with Crippen LogP contribution in [-0.4, -0.2) is 52.8 Å². The van der Waals surface area contributed by atoms with Crippen LogP contribution in [-0.2, 0) is 18.2 Å². The molecule has 0 unspecified atom stereocenters. The molecule has 0 amide bonds. The van der Waals surface area contributed by atoms with Crippen LogP contribution in [0.15, 0.2) is 36.5 Å². The molecule has 6 heteroatoms. The second-order valence-corrected chi connectivity index (χ2v) is 10.3. The summed E-state index contributed by atoms with van der Waals surface area (Å²) < 4.78 is 8.20. The van der Waals surface area contributed by atoms with Crippen molar-refractivity contribution in [2.75, 3.05) is 25.2 Å². The molecule has 1 aliphatic heterocycles. The van der Waals surface area contributed by atoms with Crippen LogP contribution >= 0.6 is 23.4 Å². The molecule has 2 atom stereocenters. The molecule has 2 heterocycles. The Morgan fingerprint density at radius 1 is 1.19 bits per heavy atom. The summed E-state index contributed by atoms with van der Waals surface area (Å²) in [6, 6.07) is 13.7. The number of aromatic nitrogens is 1. The van der Waals surface area contributed by atoms with Crippen LogP contribution in [0, 0.1) is 11.3 Å². The molecule has 4 nitrogen and oxygen atoms in total. The van der Waals surface area contributed by atoms with E-state index >= 15 is 0 Å². The summed E-state index contributed by atoms with van der Waals surface area (Å²) in [7, 11) is 1.97. The zero-order valence-corrected chi connectivity index (χ0v) is 20.0. The molecule has 1 aromatic carbocycles. The summed E-state index contributed by atoms with van der Waals surface area (Å²) in [6.07, 6.45) is 10.4. The molecule has 31 heavy (non-hydrogen) atoms. The number of thioether (sulfide) groups is 1. The lowest BCUT2D eigenvalue weighted by Crippen LogP contribution is -2.56. The monoisotopic (exact) mass is 457 g/mol. The van der Waals surface area contributed by atoms with Gasteiger partial charge in [-0.05, 0) is 73.6 Å². The van der Waals surface area contributed by atoms with Crippen molar-refractivity contribution in [3.05, 3.63) is 58.4 Å². The molecule has 2 aliphatic rings. The smallest absolute Gasteiger partial charge is 0.120 e. The third-order valence-electron chi connectivity index (χ3n) is 6.92. The SMILES string of the molecule is CSC[C@H]1CN(C2CCC(c3cc(C#N)n(C)c3)CC2)[C@@H](Cc2ccc(Cl)cc2)CO1. The minimum Gasteiger partial charge on any atom is -0.374 e. The number of benzene rings is 1. The Bertz CT molecular complexity index is 898. The van der Waals surface area contributed by atoms with E-state index in [4.69, 9.17) is 16.3 Å². The number of aryl methyl sites for hydroxylation is 1. The van der Waals surface area contributed by atoms with Crippen LogP contribution < -0.4 is 0 Å². The van der Waals surface area contributed by atoms with Crippen LogP contribution in [0.25, 0.3) is 0 Å². The molecular weight excluding hydrogens is 426 g/mol. The lowest BCUT2D eigenvalue weighted by molar-refractivity contribution is -0.0750. The normalized spacial score (nSPS) is 27.2. The molecule has 1 saturated heterocycles. The second-order valence-electron chi connectivity index (χ2n) is 8.98. The molecule has 1 saturated carbocycles. The molecule has 0 bridgehead atoms. The van der Waals surface area contributed by atoms with Crippen molar-refractivity contribution in [3.8, 4) is 6.07 Å². The molecule has 0 N–H and O–H groups in total. The Balaban J connectivity index is 1.43. The van der Waals surface area contributed by atoms with Gasteiger partial charge in [-0.3, -0.25) is 4.90 Å². The van der Waals surface area contributed by atoms with Gasteiger partial charge in [0, 0.05) is 42.6 Å². The highest BCUT2D eigenvalue weighted by atomic mass is 35.5. The topological polar surface area (TPSA) is 41.2 Å². The van der Waals surface area contributed by atoms with E-state index in [1.807, 2.05) is 35.5 Å². The van der Waals surface area contributed by atoms with Gasteiger partial charge < -0.3 is 9.30 Å². The molecule has 4 rings (SSSR count). The van der Waals surface area contributed by atoms with Gasteiger partial charge in [0.05, 0.1) is 12.7 Å². The van der Waals surface area contributed by atoms with Crippen molar-refractivity contribution in [3.63, 3.8) is 0 Å². The third kappa shape index (κ3) is 5.49. The predicted octanol–water partition coefficient (Wildman–Crippen LogP) is 5.25. The number of hydrogen-bond donors (Lipinski definition) is 0. The maximum absolute atomic E-state index is 9.28. The van der Waals surface area contributed by atoms with Crippen molar-refractivity contribution in [1.29, 1.82) is 5.26 Å². The molecule has 2 aromatic rings. The lowest BCUT2D eigenvalue weighted by atomic mass is 9.81. The molecule has 1 aliphatic carbocycles. The van der Waals surface area contributed by atoms with Crippen molar-refractivity contribution < 1.29 is 4.74 Å². The maximum atomic E-state index is 9.28. The van der Waals surface area contributed by atoms with Crippen LogP contribution in [0.3, 0.4) is 0 Å². The largest absolute Gasteiger partial charge is 0.374 e. The van der Waals surface area contributed by atoms with E-state index < -0.39 is 0 Å². The Kier molecular flexibility index (Phi) is 7.66. The molecule has 0 radical (unpaired) electrons. The summed E-state index contributed by atoms with van der Waals surface area (Å²) >= 11 is 7.96. The number of hydrogen-bond acceptors (Lipinski definition) is 4. The minimum atomic E-state index is 0.321. The first kappa shape index (κ1) is 22.7. The van der Waals surface area contributed by atoms with Gasteiger partial charge in [-0.25, -0.2) is 0 Å². The number of nitriles is 1. The van der Waals surface area contributed by atoms with Crippen LogP contribution in [0.2, 0.25) is 5.02 Å². The number of nitrogens with zero attached hydrogens (tertiary/aromatic N) is 3. The summed E-state index contributed by atoms with van der Waals surface area (Å²) in [4.78, 5) is 2.75. The van der Waals surface area contributed by atoms with Gasteiger partial charge in [0.1, 0.15) is 11.8 Å². The summed E-state index contributed by atoms with van der Waals surface area (Å²) in [5.74, 6) is 1.63. The Morgan fingerprint density at radius 3 is 2.58 bits per heavy atom. The number of halogens is 1. The molecule has 0 spiro atoms. The maximum Gasteiger partial charge on any atom is 0.120 e. The zero-order valence-electron chi connectivity index (χ0n) is 18.5. The first-order valence-corrected chi connectivity index (χ1v) is 13.0. The van der Waals surface area contributed by atoms with Crippen LogP contribution in [0.4, 0.5) is 0 Å². The highest BCUT2D eigenvalue weighted by Crippen LogP contribution is 2.37. The Hall–Kier alpha value is -1.45. The fourth-order valence-corrected chi connectivity index (χ4v) is 5.95. The first-order valence-electron chi connectivity index (χ1n) is 11.2. The summed E-state index contributed by atoms with van der Waals surface area (Å²) in [5, 5.41) is 10.1. The Morgan fingerprint density at radius 2 is 1.94 bits per heavy atom. The second kappa shape index (κ2) is 10.4. The van der Waals surface area contributed by atoms with E-state index in [-0.39, 0.29) is 0 Å². The fraction of sp³-hybridized carbons (Fsp3) is 0.560. The third-order valence-corrected chi connectivity index (χ3v) is 7.88. The highest BCUT2D eigenvalue weighted by molar-refractivity contribution is 7.98. The Labute approximate surface area is 195 Å². The standard InChI is InChI=1S/C25H32ClN3OS/c1-28-14-20(12-23(28)13-27)19-5-9-22(10-6-19)29-15-25(17-31-2)30-16-24(29)11-18-3-7-21(26)8-4-18/h3-4,7-8,12,14,19,22,24-25H,5-6,9-11,15-17H2,1-2H3/t19?,22?,24-,25+/m0/s1.